The molecule has 0 radical (unpaired) electrons. The highest BCUT2D eigenvalue weighted by atomic mass is 32.2. The molecule has 1 atom stereocenters. The lowest BCUT2D eigenvalue weighted by molar-refractivity contribution is -0.131. The number of hydrogen-bond acceptors (Lipinski definition) is 3. The summed E-state index contributed by atoms with van der Waals surface area (Å²) in [4.78, 5) is 13.6. The van der Waals surface area contributed by atoms with Crippen LogP contribution in [-0.4, -0.2) is 48.0 Å². The van der Waals surface area contributed by atoms with Crippen LogP contribution in [0.5, 0.6) is 0 Å². The molecule has 1 N–H and O–H groups in total. The van der Waals surface area contributed by atoms with Gasteiger partial charge in [0, 0.05) is 24.9 Å². The van der Waals surface area contributed by atoms with Crippen molar-refractivity contribution >= 4 is 17.7 Å². The molecule has 0 aliphatic carbocycles. The molecule has 0 aromatic carbocycles. The van der Waals surface area contributed by atoms with Crippen LogP contribution >= 0.6 is 11.8 Å². The van der Waals surface area contributed by atoms with Gasteiger partial charge in [0.05, 0.1) is 5.75 Å². The quantitative estimate of drug-likeness (QED) is 0.661. The van der Waals surface area contributed by atoms with E-state index in [9.17, 15) is 4.79 Å². The summed E-state index contributed by atoms with van der Waals surface area (Å²) in [6, 6.07) is 0.474. The number of carbonyl (C=O) groups excluding carboxylic acids is 1. The number of rotatable bonds is 1. The molecule has 2 aliphatic heterocycles. The molecule has 1 unspecified atom stereocenters. The molecule has 0 bridgehead atoms. The van der Waals surface area contributed by atoms with Gasteiger partial charge in [-0.05, 0) is 19.4 Å². The Kier molecular flexibility index (Phi) is 3.11. The Bertz CT molecular complexity index is 192. The van der Waals surface area contributed by atoms with E-state index in [-0.39, 0.29) is 0 Å². The minimum absolute atomic E-state index is 0.338. The van der Waals surface area contributed by atoms with Crippen molar-refractivity contribution in [3.05, 3.63) is 0 Å². The second kappa shape index (κ2) is 4.33. The molecular formula is C9H16N2OS. The molecule has 0 aromatic rings. The van der Waals surface area contributed by atoms with Gasteiger partial charge < -0.3 is 10.2 Å². The summed E-state index contributed by atoms with van der Waals surface area (Å²) in [6.07, 6.45) is 2.39. The van der Waals surface area contributed by atoms with E-state index >= 15 is 0 Å². The Morgan fingerprint density at radius 2 is 2.46 bits per heavy atom. The Hall–Kier alpha value is -0.220. The van der Waals surface area contributed by atoms with E-state index in [4.69, 9.17) is 0 Å². The van der Waals surface area contributed by atoms with Gasteiger partial charge in [0.2, 0.25) is 5.91 Å². The van der Waals surface area contributed by atoms with Gasteiger partial charge in [-0.2, -0.15) is 11.8 Å². The van der Waals surface area contributed by atoms with E-state index < -0.39 is 0 Å². The van der Waals surface area contributed by atoms with Crippen LogP contribution in [-0.2, 0) is 4.79 Å². The van der Waals surface area contributed by atoms with E-state index in [1.807, 2.05) is 0 Å². The summed E-state index contributed by atoms with van der Waals surface area (Å²) in [6.45, 7) is 3.07. The van der Waals surface area contributed by atoms with Crippen molar-refractivity contribution in [3.63, 3.8) is 0 Å². The third-order valence-corrected chi connectivity index (χ3v) is 3.66. The van der Waals surface area contributed by atoms with Crippen LogP contribution < -0.4 is 5.32 Å². The van der Waals surface area contributed by atoms with Crippen LogP contribution in [0.3, 0.4) is 0 Å². The van der Waals surface area contributed by atoms with Crippen molar-refractivity contribution in [2.45, 2.75) is 18.9 Å². The third-order valence-electron chi connectivity index (χ3n) is 2.73. The van der Waals surface area contributed by atoms with E-state index in [2.05, 4.69) is 10.2 Å². The lowest BCUT2D eigenvalue weighted by Gasteiger charge is -2.36. The molecule has 1 amide bonds. The van der Waals surface area contributed by atoms with Crippen LogP contribution in [0.2, 0.25) is 0 Å². The van der Waals surface area contributed by atoms with Crippen molar-refractivity contribution in [2.75, 3.05) is 31.1 Å². The molecule has 4 heteroatoms. The summed E-state index contributed by atoms with van der Waals surface area (Å²) in [5.74, 6) is 2.14. The first-order valence-electron chi connectivity index (χ1n) is 4.96. The fraction of sp³-hybridized carbons (Fsp3) is 0.889. The predicted molar refractivity (Wildman–Crippen MR) is 54.9 cm³/mol. The number of nitrogens with one attached hydrogen (secondary N) is 1. The average molecular weight is 200 g/mol. The monoisotopic (exact) mass is 200 g/mol. The molecule has 0 aromatic heterocycles. The van der Waals surface area contributed by atoms with Crippen LogP contribution in [0.4, 0.5) is 0 Å². The van der Waals surface area contributed by atoms with Gasteiger partial charge in [-0.3, -0.25) is 4.79 Å². The second-order valence-electron chi connectivity index (χ2n) is 3.64. The molecule has 2 fully saturated rings. The average Bonchev–Trinajstić information content (AvgIpc) is 2.20. The first-order valence-corrected chi connectivity index (χ1v) is 6.11. The van der Waals surface area contributed by atoms with Crippen LogP contribution in [0, 0.1) is 0 Å². The molecular weight excluding hydrogens is 184 g/mol. The van der Waals surface area contributed by atoms with Crippen molar-refractivity contribution in [2.24, 2.45) is 0 Å². The SMILES string of the molecule is O=C1CSCCN1C1CCCNC1. The number of piperidine rings is 1. The summed E-state index contributed by atoms with van der Waals surface area (Å²) in [7, 11) is 0. The second-order valence-corrected chi connectivity index (χ2v) is 4.75. The molecule has 0 spiro atoms. The zero-order chi connectivity index (χ0) is 9.10. The highest BCUT2D eigenvalue weighted by molar-refractivity contribution is 8.00. The maximum atomic E-state index is 11.6. The molecule has 2 rings (SSSR count). The maximum absolute atomic E-state index is 11.6. The van der Waals surface area contributed by atoms with Crippen molar-refractivity contribution in [1.29, 1.82) is 0 Å². The largest absolute Gasteiger partial charge is 0.337 e. The third kappa shape index (κ3) is 2.17. The lowest BCUT2D eigenvalue weighted by Crippen LogP contribution is -2.51. The number of carbonyl (C=O) groups is 1. The van der Waals surface area contributed by atoms with Crippen LogP contribution in [0.15, 0.2) is 0 Å². The van der Waals surface area contributed by atoms with Crippen molar-refractivity contribution in [1.82, 2.24) is 10.2 Å². The molecule has 2 aliphatic rings. The van der Waals surface area contributed by atoms with Crippen molar-refractivity contribution < 1.29 is 4.79 Å². The molecule has 3 nitrogen and oxygen atoms in total. The summed E-state index contributed by atoms with van der Waals surface area (Å²) in [5.41, 5.74) is 0. The van der Waals surface area contributed by atoms with Gasteiger partial charge in [-0.1, -0.05) is 0 Å². The summed E-state index contributed by atoms with van der Waals surface area (Å²) in [5, 5.41) is 3.35. The normalized spacial score (nSPS) is 30.6. The Morgan fingerprint density at radius 1 is 1.54 bits per heavy atom. The van der Waals surface area contributed by atoms with Gasteiger partial charge in [0.25, 0.3) is 0 Å². The summed E-state index contributed by atoms with van der Waals surface area (Å²) >= 11 is 1.76. The first kappa shape index (κ1) is 9.34. The molecule has 0 saturated carbocycles. The lowest BCUT2D eigenvalue weighted by atomic mass is 10.1. The van der Waals surface area contributed by atoms with Gasteiger partial charge >= 0.3 is 0 Å². The van der Waals surface area contributed by atoms with E-state index in [0.29, 0.717) is 17.7 Å². The van der Waals surface area contributed by atoms with E-state index in [1.54, 1.807) is 11.8 Å². The standard InChI is InChI=1S/C9H16N2OS/c12-9-7-13-5-4-11(9)8-2-1-3-10-6-8/h8,10H,1-7H2. The zero-order valence-corrected chi connectivity index (χ0v) is 8.61. The maximum Gasteiger partial charge on any atom is 0.232 e. The van der Waals surface area contributed by atoms with E-state index in [0.717, 1.165) is 25.4 Å². The minimum atomic E-state index is 0.338. The molecule has 2 heterocycles. The van der Waals surface area contributed by atoms with Crippen LogP contribution in [0.1, 0.15) is 12.8 Å². The van der Waals surface area contributed by atoms with Gasteiger partial charge in [-0.25, -0.2) is 0 Å². The Labute approximate surface area is 83.2 Å². The first-order chi connectivity index (χ1) is 6.38. The highest BCUT2D eigenvalue weighted by Gasteiger charge is 2.26. The molecule has 13 heavy (non-hydrogen) atoms. The van der Waals surface area contributed by atoms with Gasteiger partial charge in [0.1, 0.15) is 0 Å². The predicted octanol–water partition coefficient (Wildman–Crippen LogP) is 0.314. The van der Waals surface area contributed by atoms with Crippen molar-refractivity contribution in [3.8, 4) is 0 Å². The topological polar surface area (TPSA) is 32.3 Å². The number of thioether (sulfide) groups is 1. The fourth-order valence-electron chi connectivity index (χ4n) is 2.02. The molecule has 2 saturated heterocycles. The number of amides is 1. The van der Waals surface area contributed by atoms with Gasteiger partial charge in [-0.15, -0.1) is 0 Å². The Morgan fingerprint density at radius 3 is 3.15 bits per heavy atom. The Balaban J connectivity index is 1.92. The highest BCUT2D eigenvalue weighted by Crippen LogP contribution is 2.17. The molecule has 74 valence electrons. The summed E-state index contributed by atoms with van der Waals surface area (Å²) < 4.78 is 0. The van der Waals surface area contributed by atoms with Crippen LogP contribution in [0.25, 0.3) is 0 Å². The fourth-order valence-corrected chi connectivity index (χ4v) is 2.83. The number of hydrogen-bond donors (Lipinski definition) is 1. The van der Waals surface area contributed by atoms with E-state index in [1.165, 1.54) is 12.8 Å². The zero-order valence-electron chi connectivity index (χ0n) is 7.79. The number of nitrogens with zero attached hydrogens (tertiary/aromatic N) is 1. The smallest absolute Gasteiger partial charge is 0.232 e. The van der Waals surface area contributed by atoms with Gasteiger partial charge in [0.15, 0.2) is 0 Å². The minimum Gasteiger partial charge on any atom is -0.337 e.